The maximum absolute atomic E-state index is 11.8. The molecule has 0 amide bonds. The van der Waals surface area contributed by atoms with Crippen LogP contribution in [0, 0.1) is 0 Å². The first-order valence-corrected chi connectivity index (χ1v) is 8.46. The quantitative estimate of drug-likeness (QED) is 0.880. The van der Waals surface area contributed by atoms with Crippen molar-refractivity contribution in [3.05, 3.63) is 29.8 Å². The van der Waals surface area contributed by atoms with E-state index < -0.39 is 10.0 Å². The van der Waals surface area contributed by atoms with Gasteiger partial charge in [-0.15, -0.1) is 0 Å². The maximum Gasteiger partial charge on any atom is 0.238 e. The summed E-state index contributed by atoms with van der Waals surface area (Å²) in [6.45, 7) is 8.61. The Morgan fingerprint density at radius 1 is 1.10 bits per heavy atom. The van der Waals surface area contributed by atoms with E-state index in [0.29, 0.717) is 0 Å². The highest BCUT2D eigenvalue weighted by atomic mass is 32.2. The van der Waals surface area contributed by atoms with Crippen molar-refractivity contribution in [1.82, 2.24) is 5.32 Å². The summed E-state index contributed by atoms with van der Waals surface area (Å²) in [5.41, 5.74) is 0.785. The van der Waals surface area contributed by atoms with Gasteiger partial charge in [0, 0.05) is 11.1 Å². The van der Waals surface area contributed by atoms with Crippen LogP contribution in [-0.4, -0.2) is 19.5 Å². The second kappa shape index (κ2) is 4.83. The van der Waals surface area contributed by atoms with Crippen LogP contribution in [0.25, 0.3) is 0 Å². The van der Waals surface area contributed by atoms with E-state index >= 15 is 0 Å². The molecular formula is C15H24N2O2S. The zero-order valence-electron chi connectivity index (χ0n) is 12.6. The molecule has 0 aromatic heterocycles. The standard InChI is InChI=1S/C15H24N2O2S/c1-14(2)9-11(10-15(3,4)17-14)12-7-5-6-8-13(12)20(16,18)19/h5-8,11,17H,9-10H2,1-4H3,(H2,16,18,19). The molecule has 1 aliphatic heterocycles. The van der Waals surface area contributed by atoms with Crippen LogP contribution in [0.5, 0.6) is 0 Å². The van der Waals surface area contributed by atoms with Crippen LogP contribution in [0.1, 0.15) is 52.0 Å². The number of piperidine rings is 1. The lowest BCUT2D eigenvalue weighted by Crippen LogP contribution is -2.57. The summed E-state index contributed by atoms with van der Waals surface area (Å²) in [5.74, 6) is 0.191. The molecule has 1 heterocycles. The number of sulfonamides is 1. The number of hydrogen-bond acceptors (Lipinski definition) is 3. The number of rotatable bonds is 2. The van der Waals surface area contributed by atoms with Gasteiger partial charge in [0.1, 0.15) is 0 Å². The van der Waals surface area contributed by atoms with Crippen LogP contribution in [0.3, 0.4) is 0 Å². The average Bonchev–Trinajstić information content (AvgIpc) is 2.23. The van der Waals surface area contributed by atoms with Gasteiger partial charge in [-0.3, -0.25) is 0 Å². The molecular weight excluding hydrogens is 272 g/mol. The number of nitrogens with two attached hydrogens (primary N) is 1. The van der Waals surface area contributed by atoms with E-state index in [1.165, 1.54) is 0 Å². The topological polar surface area (TPSA) is 72.2 Å². The van der Waals surface area contributed by atoms with Crippen LogP contribution >= 0.6 is 0 Å². The third-order valence-corrected chi connectivity index (χ3v) is 4.84. The minimum absolute atomic E-state index is 0.0299. The van der Waals surface area contributed by atoms with E-state index in [0.717, 1.165) is 18.4 Å². The number of primary sulfonamides is 1. The second-order valence-corrected chi connectivity index (χ2v) is 8.61. The third-order valence-electron chi connectivity index (χ3n) is 3.86. The minimum atomic E-state index is -3.68. The molecule has 3 N–H and O–H groups in total. The van der Waals surface area contributed by atoms with E-state index in [9.17, 15) is 8.42 Å². The molecule has 1 aromatic rings. The molecule has 2 rings (SSSR count). The van der Waals surface area contributed by atoms with Gasteiger partial charge >= 0.3 is 0 Å². The molecule has 1 saturated heterocycles. The van der Waals surface area contributed by atoms with Gasteiger partial charge in [0.15, 0.2) is 0 Å². The Balaban J connectivity index is 2.47. The van der Waals surface area contributed by atoms with Gasteiger partial charge in [0.25, 0.3) is 0 Å². The van der Waals surface area contributed by atoms with E-state index in [1.54, 1.807) is 12.1 Å². The maximum atomic E-state index is 11.8. The monoisotopic (exact) mass is 296 g/mol. The van der Waals surface area contributed by atoms with Crippen molar-refractivity contribution in [2.24, 2.45) is 5.14 Å². The van der Waals surface area contributed by atoms with Gasteiger partial charge in [-0.05, 0) is 58.1 Å². The summed E-state index contributed by atoms with van der Waals surface area (Å²) in [4.78, 5) is 0.263. The molecule has 5 heteroatoms. The molecule has 4 nitrogen and oxygen atoms in total. The summed E-state index contributed by atoms with van der Waals surface area (Å²) in [6.07, 6.45) is 1.78. The zero-order valence-corrected chi connectivity index (χ0v) is 13.4. The molecule has 0 aliphatic carbocycles. The lowest BCUT2D eigenvalue weighted by Gasteiger charge is -2.47. The van der Waals surface area contributed by atoms with Gasteiger partial charge in [-0.25, -0.2) is 13.6 Å². The molecule has 0 spiro atoms. The van der Waals surface area contributed by atoms with Gasteiger partial charge in [-0.2, -0.15) is 0 Å². The van der Waals surface area contributed by atoms with E-state index in [-0.39, 0.29) is 21.9 Å². The van der Waals surface area contributed by atoms with Crippen molar-refractivity contribution in [2.75, 3.05) is 0 Å². The predicted octanol–water partition coefficient (Wildman–Crippen LogP) is 2.36. The van der Waals surface area contributed by atoms with Crippen molar-refractivity contribution in [3.63, 3.8) is 0 Å². The minimum Gasteiger partial charge on any atom is -0.307 e. The summed E-state index contributed by atoms with van der Waals surface area (Å²) in [7, 11) is -3.68. The fourth-order valence-electron chi connectivity index (χ4n) is 3.62. The molecule has 1 aliphatic rings. The van der Waals surface area contributed by atoms with Crippen molar-refractivity contribution >= 4 is 10.0 Å². The normalized spacial score (nSPS) is 22.6. The Labute approximate surface area is 121 Å². The first-order chi connectivity index (χ1) is 9.00. The summed E-state index contributed by atoms with van der Waals surface area (Å²) in [6, 6.07) is 7.10. The largest absolute Gasteiger partial charge is 0.307 e. The molecule has 0 bridgehead atoms. The Kier molecular flexibility index (Phi) is 3.73. The third kappa shape index (κ3) is 3.40. The van der Waals surface area contributed by atoms with Crippen molar-refractivity contribution in [2.45, 2.75) is 62.4 Å². The SMILES string of the molecule is CC1(C)CC(c2ccccc2S(N)(=O)=O)CC(C)(C)N1. The fourth-order valence-corrected chi connectivity index (χ4v) is 4.45. The fraction of sp³-hybridized carbons (Fsp3) is 0.600. The summed E-state index contributed by atoms with van der Waals surface area (Å²) < 4.78 is 23.6. The Morgan fingerprint density at radius 2 is 1.60 bits per heavy atom. The van der Waals surface area contributed by atoms with Crippen molar-refractivity contribution < 1.29 is 8.42 Å². The summed E-state index contributed by atoms with van der Waals surface area (Å²) >= 11 is 0. The molecule has 1 aromatic carbocycles. The van der Waals surface area contributed by atoms with Gasteiger partial charge < -0.3 is 5.32 Å². The molecule has 1 fully saturated rings. The van der Waals surface area contributed by atoms with Crippen molar-refractivity contribution in [3.8, 4) is 0 Å². The first kappa shape index (κ1) is 15.5. The van der Waals surface area contributed by atoms with E-state index in [4.69, 9.17) is 5.14 Å². The Bertz CT molecular complexity index is 590. The molecule has 112 valence electrons. The van der Waals surface area contributed by atoms with Gasteiger partial charge in [0.2, 0.25) is 10.0 Å². The van der Waals surface area contributed by atoms with E-state index in [2.05, 4.69) is 33.0 Å². The summed E-state index contributed by atoms with van der Waals surface area (Å²) in [5, 5.41) is 8.97. The Morgan fingerprint density at radius 3 is 2.10 bits per heavy atom. The highest BCUT2D eigenvalue weighted by Crippen LogP contribution is 2.40. The van der Waals surface area contributed by atoms with Crippen molar-refractivity contribution in [1.29, 1.82) is 0 Å². The second-order valence-electron chi connectivity index (χ2n) is 7.08. The highest BCUT2D eigenvalue weighted by molar-refractivity contribution is 7.89. The Hall–Kier alpha value is -0.910. The van der Waals surface area contributed by atoms with Crippen LogP contribution in [0.2, 0.25) is 0 Å². The molecule has 0 radical (unpaired) electrons. The van der Waals surface area contributed by atoms with Gasteiger partial charge in [0.05, 0.1) is 4.90 Å². The van der Waals surface area contributed by atoms with Crippen LogP contribution in [0.15, 0.2) is 29.2 Å². The average molecular weight is 296 g/mol. The highest BCUT2D eigenvalue weighted by Gasteiger charge is 2.39. The molecule has 0 atom stereocenters. The van der Waals surface area contributed by atoms with E-state index in [1.807, 2.05) is 12.1 Å². The van der Waals surface area contributed by atoms with Gasteiger partial charge in [-0.1, -0.05) is 18.2 Å². The number of nitrogens with one attached hydrogen (secondary N) is 1. The first-order valence-electron chi connectivity index (χ1n) is 6.91. The molecule has 0 unspecified atom stereocenters. The van der Waals surface area contributed by atoms with Crippen LogP contribution in [0.4, 0.5) is 0 Å². The van der Waals surface area contributed by atoms with Crippen LogP contribution < -0.4 is 10.5 Å². The number of benzene rings is 1. The zero-order chi connectivity index (χ0) is 15.2. The molecule has 0 saturated carbocycles. The van der Waals surface area contributed by atoms with Crippen LogP contribution in [-0.2, 0) is 10.0 Å². The number of hydrogen-bond donors (Lipinski definition) is 2. The smallest absolute Gasteiger partial charge is 0.238 e. The molecule has 20 heavy (non-hydrogen) atoms. The predicted molar refractivity (Wildman–Crippen MR) is 81.1 cm³/mol. The lowest BCUT2D eigenvalue weighted by atomic mass is 9.73. The lowest BCUT2D eigenvalue weighted by molar-refractivity contribution is 0.160.